The molecule has 1 unspecified atom stereocenters. The van der Waals surface area contributed by atoms with Gasteiger partial charge >= 0.3 is 5.97 Å². The summed E-state index contributed by atoms with van der Waals surface area (Å²) in [5, 5.41) is 0.599. The van der Waals surface area contributed by atoms with Crippen LogP contribution in [0, 0.1) is 5.92 Å². The van der Waals surface area contributed by atoms with Crippen molar-refractivity contribution in [2.75, 3.05) is 0 Å². The highest BCUT2D eigenvalue weighted by Gasteiger charge is 2.32. The number of benzene rings is 1. The molecule has 0 aliphatic heterocycles. The lowest BCUT2D eigenvalue weighted by Crippen LogP contribution is -2.30. The first kappa shape index (κ1) is 21.6. The molecule has 1 atom stereocenters. The summed E-state index contributed by atoms with van der Waals surface area (Å²) in [5.41, 5.74) is 7.57. The minimum atomic E-state index is -3.80. The summed E-state index contributed by atoms with van der Waals surface area (Å²) in [6, 6.07) is 10.1. The number of nitrogens with zero attached hydrogens (tertiary/aromatic N) is 3. The molecule has 0 spiro atoms. The third-order valence-electron chi connectivity index (χ3n) is 6.25. The minimum Gasteiger partial charge on any atom is -0.454 e. The monoisotopic (exact) mass is 467 g/mol. The first-order valence-electron chi connectivity index (χ1n) is 10.9. The molecule has 1 aliphatic carbocycles. The lowest BCUT2D eigenvalue weighted by molar-refractivity contribution is -0.150. The lowest BCUT2D eigenvalue weighted by Gasteiger charge is -2.31. The summed E-state index contributed by atoms with van der Waals surface area (Å²) in [4.78, 5) is 24.4. The quantitative estimate of drug-likeness (QED) is 0.430. The number of hydrogen-bond acceptors (Lipinski definition) is 7. The number of rotatable bonds is 5. The fraction of sp³-hybridized carbons (Fsp3) is 0.348. The second kappa shape index (κ2) is 8.27. The van der Waals surface area contributed by atoms with Gasteiger partial charge in [-0.05, 0) is 43.9 Å². The third kappa shape index (κ3) is 3.89. The Labute approximate surface area is 191 Å². The number of aromatic nitrogens is 4. The van der Waals surface area contributed by atoms with E-state index in [1.165, 1.54) is 13.1 Å². The van der Waals surface area contributed by atoms with Gasteiger partial charge in [0.1, 0.15) is 11.3 Å². The van der Waals surface area contributed by atoms with Gasteiger partial charge in [0.05, 0.1) is 16.6 Å². The molecule has 4 aromatic rings. The van der Waals surface area contributed by atoms with Gasteiger partial charge in [-0.25, -0.2) is 22.4 Å². The zero-order chi connectivity index (χ0) is 23.2. The normalized spacial score (nSPS) is 20.2. The highest BCUT2D eigenvalue weighted by Crippen LogP contribution is 2.37. The van der Waals surface area contributed by atoms with Gasteiger partial charge in [0.15, 0.2) is 11.8 Å². The molecular formula is C23H25N5O4S. The largest absolute Gasteiger partial charge is 0.454 e. The Bertz CT molecular complexity index is 1420. The van der Waals surface area contributed by atoms with E-state index in [4.69, 9.17) is 15.5 Å². The van der Waals surface area contributed by atoms with Crippen molar-refractivity contribution in [3.8, 4) is 0 Å². The molecule has 1 saturated carbocycles. The van der Waals surface area contributed by atoms with Crippen LogP contribution in [0.2, 0.25) is 0 Å². The number of ether oxygens (including phenoxy) is 1. The van der Waals surface area contributed by atoms with Crippen LogP contribution < -0.4 is 5.73 Å². The highest BCUT2D eigenvalue weighted by atomic mass is 32.2. The molecule has 172 valence electrons. The van der Waals surface area contributed by atoms with E-state index in [0.29, 0.717) is 22.2 Å². The number of nitrogens with one attached hydrogen (secondary N) is 1. The predicted octanol–water partition coefficient (Wildman–Crippen LogP) is 3.27. The summed E-state index contributed by atoms with van der Waals surface area (Å²) in [7, 11) is -3.80. The number of imidazole rings is 1. The van der Waals surface area contributed by atoms with E-state index >= 15 is 0 Å². The number of fused-ring (bicyclic) bond motifs is 3. The van der Waals surface area contributed by atoms with Gasteiger partial charge in [-0.1, -0.05) is 18.2 Å². The topological polar surface area (TPSA) is 133 Å². The van der Waals surface area contributed by atoms with Gasteiger partial charge in [0.2, 0.25) is 0 Å². The van der Waals surface area contributed by atoms with Crippen molar-refractivity contribution < 1.29 is 17.9 Å². The summed E-state index contributed by atoms with van der Waals surface area (Å²) >= 11 is 0. The van der Waals surface area contributed by atoms with Gasteiger partial charge in [-0.3, -0.25) is 4.79 Å². The molecular weight excluding hydrogens is 442 g/mol. The number of carbonyl (C=O) groups is 1. The SMILES string of the molecule is CC(=O)OC(c1nc2c(cnc3c2ccn3S(=O)(=O)c2ccccc2)[nH]1)C1CCC(N)CC1. The molecule has 33 heavy (non-hydrogen) atoms. The number of nitrogens with two attached hydrogens (primary N) is 1. The van der Waals surface area contributed by atoms with E-state index in [1.807, 2.05) is 0 Å². The molecule has 1 aliphatic rings. The fourth-order valence-electron chi connectivity index (χ4n) is 4.58. The van der Waals surface area contributed by atoms with Crippen LogP contribution in [0.15, 0.2) is 53.7 Å². The molecule has 0 saturated heterocycles. The summed E-state index contributed by atoms with van der Waals surface area (Å²) in [5.74, 6) is 0.271. The van der Waals surface area contributed by atoms with E-state index in [0.717, 1.165) is 29.7 Å². The van der Waals surface area contributed by atoms with Crippen LogP contribution in [0.4, 0.5) is 0 Å². The molecule has 3 N–H and O–H groups in total. The Morgan fingerprint density at radius 1 is 1.18 bits per heavy atom. The van der Waals surface area contributed by atoms with E-state index < -0.39 is 16.1 Å². The van der Waals surface area contributed by atoms with Crippen molar-refractivity contribution in [3.05, 3.63) is 54.6 Å². The first-order valence-corrected chi connectivity index (χ1v) is 12.4. The highest BCUT2D eigenvalue weighted by molar-refractivity contribution is 7.90. The van der Waals surface area contributed by atoms with Crippen molar-refractivity contribution in [2.24, 2.45) is 11.7 Å². The Morgan fingerprint density at radius 3 is 2.61 bits per heavy atom. The van der Waals surface area contributed by atoms with Crippen molar-refractivity contribution in [1.82, 2.24) is 18.9 Å². The van der Waals surface area contributed by atoms with E-state index in [2.05, 4.69) is 9.97 Å². The standard InChI is InChI=1S/C23H25N5O4S/c1-14(29)32-21(15-7-9-16(24)10-8-15)22-26-19-13-25-23-18(20(19)27-22)11-12-28(23)33(30,31)17-5-3-2-4-6-17/h2-6,11-13,15-16,21H,7-10,24H2,1H3,(H,26,27). The van der Waals surface area contributed by atoms with E-state index in [-0.39, 0.29) is 28.5 Å². The Hall–Kier alpha value is -3.24. The van der Waals surface area contributed by atoms with Crippen molar-refractivity contribution in [2.45, 2.75) is 49.6 Å². The van der Waals surface area contributed by atoms with Crippen LogP contribution in [0.3, 0.4) is 0 Å². The average molecular weight is 468 g/mol. The summed E-state index contributed by atoms with van der Waals surface area (Å²) < 4.78 is 33.1. The molecule has 0 amide bonds. The number of pyridine rings is 1. The molecule has 0 radical (unpaired) electrons. The van der Waals surface area contributed by atoms with E-state index in [9.17, 15) is 13.2 Å². The number of aromatic amines is 1. The molecule has 1 aromatic carbocycles. The van der Waals surface area contributed by atoms with Gasteiger partial charge in [-0.2, -0.15) is 0 Å². The molecule has 10 heteroatoms. The second-order valence-electron chi connectivity index (χ2n) is 8.51. The first-order chi connectivity index (χ1) is 15.8. The van der Waals surface area contributed by atoms with Gasteiger partial charge in [0.25, 0.3) is 10.0 Å². The van der Waals surface area contributed by atoms with Gasteiger partial charge in [-0.15, -0.1) is 0 Å². The van der Waals surface area contributed by atoms with E-state index in [1.54, 1.807) is 42.6 Å². The molecule has 9 nitrogen and oxygen atoms in total. The summed E-state index contributed by atoms with van der Waals surface area (Å²) in [6.45, 7) is 1.39. The summed E-state index contributed by atoms with van der Waals surface area (Å²) in [6.07, 6.45) is 5.95. The van der Waals surface area contributed by atoms with Gasteiger partial charge < -0.3 is 15.5 Å². The van der Waals surface area contributed by atoms with Gasteiger partial charge in [0, 0.05) is 30.5 Å². The van der Waals surface area contributed by atoms with Crippen molar-refractivity contribution >= 4 is 38.1 Å². The second-order valence-corrected chi connectivity index (χ2v) is 10.3. The maximum absolute atomic E-state index is 13.1. The maximum atomic E-state index is 13.1. The molecule has 5 rings (SSSR count). The maximum Gasteiger partial charge on any atom is 0.303 e. The third-order valence-corrected chi connectivity index (χ3v) is 7.93. The molecule has 3 heterocycles. The van der Waals surface area contributed by atoms with Crippen LogP contribution in [-0.4, -0.2) is 39.4 Å². The number of H-pyrrole nitrogens is 1. The molecule has 1 fully saturated rings. The minimum absolute atomic E-state index is 0.112. The number of esters is 1. The van der Waals surface area contributed by atoms with Crippen LogP contribution >= 0.6 is 0 Å². The zero-order valence-corrected chi connectivity index (χ0v) is 19.0. The van der Waals surface area contributed by atoms with Crippen molar-refractivity contribution in [1.29, 1.82) is 0 Å². The lowest BCUT2D eigenvalue weighted by atomic mass is 9.82. The Morgan fingerprint density at radius 2 is 1.91 bits per heavy atom. The van der Waals surface area contributed by atoms with Crippen LogP contribution in [0.5, 0.6) is 0 Å². The molecule has 0 bridgehead atoms. The van der Waals surface area contributed by atoms with Crippen LogP contribution in [0.25, 0.3) is 22.1 Å². The zero-order valence-electron chi connectivity index (χ0n) is 18.1. The number of carbonyl (C=O) groups excluding carboxylic acids is 1. The number of hydrogen-bond donors (Lipinski definition) is 2. The average Bonchev–Trinajstić information content (AvgIpc) is 3.43. The van der Waals surface area contributed by atoms with Crippen molar-refractivity contribution in [3.63, 3.8) is 0 Å². The van der Waals surface area contributed by atoms with Crippen LogP contribution in [-0.2, 0) is 19.6 Å². The fourth-order valence-corrected chi connectivity index (χ4v) is 5.91. The molecule has 3 aromatic heterocycles. The van der Waals surface area contributed by atoms with Crippen LogP contribution in [0.1, 0.15) is 44.5 Å². The smallest absolute Gasteiger partial charge is 0.303 e. The Balaban J connectivity index is 1.58. The Kier molecular flexibility index (Phi) is 5.41. The predicted molar refractivity (Wildman–Crippen MR) is 123 cm³/mol.